The van der Waals surface area contributed by atoms with E-state index in [0.29, 0.717) is 0 Å². The highest BCUT2D eigenvalue weighted by Crippen LogP contribution is 2.29. The molecule has 0 bridgehead atoms. The minimum atomic E-state index is 0. The number of hydrogen-bond acceptors (Lipinski definition) is 1. The maximum Gasteiger partial charge on any atom is 0.170 e. The highest BCUT2D eigenvalue weighted by molar-refractivity contribution is 6.31. The van der Waals surface area contributed by atoms with Gasteiger partial charge in [-0.3, -0.25) is 0 Å². The summed E-state index contributed by atoms with van der Waals surface area (Å²) in [5.41, 5.74) is 2.82. The molecule has 2 aliphatic heterocycles. The second-order valence-electron chi connectivity index (χ2n) is 7.06. The predicted molar refractivity (Wildman–Crippen MR) is 93.7 cm³/mol. The van der Waals surface area contributed by atoms with Gasteiger partial charge in [0.15, 0.2) is 18.3 Å². The van der Waals surface area contributed by atoms with E-state index in [0.717, 1.165) is 18.0 Å². The second-order valence-corrected chi connectivity index (χ2v) is 7.47. The van der Waals surface area contributed by atoms with Crippen LogP contribution in [0, 0.1) is 0 Å². The first-order valence-electron chi connectivity index (χ1n) is 8.35. The molecule has 0 radical (unpaired) electrons. The Kier molecular flexibility index (Phi) is 6.16. The van der Waals surface area contributed by atoms with Gasteiger partial charge in [-0.15, -0.1) is 0 Å². The van der Waals surface area contributed by atoms with Crippen LogP contribution >= 0.6 is 11.6 Å². The molecule has 1 aromatic rings. The first-order valence-corrected chi connectivity index (χ1v) is 8.73. The average Bonchev–Trinajstić information content (AvgIpc) is 2.52. The Morgan fingerprint density at radius 3 is 2.48 bits per heavy atom. The zero-order chi connectivity index (χ0) is 15.6. The van der Waals surface area contributed by atoms with Gasteiger partial charge in [-0.2, -0.15) is 0 Å². The monoisotopic (exact) mass is 352 g/mol. The van der Waals surface area contributed by atoms with E-state index in [2.05, 4.69) is 47.7 Å². The summed E-state index contributed by atoms with van der Waals surface area (Å²) >= 11 is 6.32. The summed E-state index contributed by atoms with van der Waals surface area (Å²) in [6, 6.07) is 8.15. The number of benzene rings is 1. The molecule has 2 nitrogen and oxygen atoms in total. The number of piperidine rings is 1. The minimum Gasteiger partial charge on any atom is -1.00 e. The van der Waals surface area contributed by atoms with Crippen LogP contribution in [0.1, 0.15) is 45.1 Å². The Hall–Kier alpha value is -0.990. The molecular weight excluding hydrogens is 327 g/mol. The molecule has 0 spiro atoms. The lowest BCUT2D eigenvalue weighted by atomic mass is 9.92. The van der Waals surface area contributed by atoms with Crippen LogP contribution in [-0.2, 0) is 6.54 Å². The fourth-order valence-corrected chi connectivity index (χ4v) is 3.65. The topological polar surface area (TPSA) is 6.25 Å². The molecule has 0 aliphatic carbocycles. The fraction of sp³-hybridized carbons (Fsp3) is 0.526. The van der Waals surface area contributed by atoms with Crippen molar-refractivity contribution >= 4 is 17.8 Å². The van der Waals surface area contributed by atoms with Crippen molar-refractivity contribution in [1.82, 2.24) is 4.90 Å². The molecule has 4 heteroatoms. The zero-order valence-electron chi connectivity index (χ0n) is 14.1. The number of nitrogens with zero attached hydrogens (tertiary/aromatic N) is 2. The summed E-state index contributed by atoms with van der Waals surface area (Å²) in [5, 5.41) is 0.859. The SMILES string of the molecule is CC1(C)CC(N2CCCCC2)=CC=[N+]1Cc1ccccc1Cl.[Cl-]. The molecule has 1 saturated heterocycles. The lowest BCUT2D eigenvalue weighted by molar-refractivity contribution is -0.612. The summed E-state index contributed by atoms with van der Waals surface area (Å²) < 4.78 is 2.42. The number of halogens is 2. The normalized spacial score (nSPS) is 20.4. The van der Waals surface area contributed by atoms with E-state index < -0.39 is 0 Å². The van der Waals surface area contributed by atoms with E-state index in [1.807, 2.05) is 12.1 Å². The molecule has 0 N–H and O–H groups in total. The van der Waals surface area contributed by atoms with Crippen LogP contribution in [0.25, 0.3) is 0 Å². The van der Waals surface area contributed by atoms with Crippen molar-refractivity contribution in [3.05, 3.63) is 46.6 Å². The van der Waals surface area contributed by atoms with E-state index >= 15 is 0 Å². The van der Waals surface area contributed by atoms with Crippen LogP contribution < -0.4 is 12.4 Å². The Bertz CT molecular complexity index is 599. The van der Waals surface area contributed by atoms with Crippen molar-refractivity contribution in [3.63, 3.8) is 0 Å². The number of rotatable bonds is 3. The summed E-state index contributed by atoms with van der Waals surface area (Å²) in [5.74, 6) is 0. The molecule has 0 saturated carbocycles. The van der Waals surface area contributed by atoms with Gasteiger partial charge in [-0.1, -0.05) is 29.8 Å². The van der Waals surface area contributed by atoms with Crippen molar-refractivity contribution < 1.29 is 17.0 Å². The molecule has 0 atom stereocenters. The van der Waals surface area contributed by atoms with Crippen molar-refractivity contribution in [2.45, 2.75) is 51.6 Å². The summed E-state index contributed by atoms with van der Waals surface area (Å²) in [6.45, 7) is 7.98. The quantitative estimate of drug-likeness (QED) is 0.746. The summed E-state index contributed by atoms with van der Waals surface area (Å²) in [4.78, 5) is 2.58. The van der Waals surface area contributed by atoms with Crippen molar-refractivity contribution in [2.75, 3.05) is 13.1 Å². The van der Waals surface area contributed by atoms with Crippen LogP contribution in [0.4, 0.5) is 0 Å². The van der Waals surface area contributed by atoms with Gasteiger partial charge in [0.25, 0.3) is 0 Å². The summed E-state index contributed by atoms with van der Waals surface area (Å²) in [7, 11) is 0. The summed E-state index contributed by atoms with van der Waals surface area (Å²) in [6.07, 6.45) is 9.73. The largest absolute Gasteiger partial charge is 1.00 e. The molecule has 2 aliphatic rings. The van der Waals surface area contributed by atoms with Crippen LogP contribution in [0.5, 0.6) is 0 Å². The number of hydrogen-bond donors (Lipinski definition) is 0. The van der Waals surface area contributed by atoms with Gasteiger partial charge in [0.2, 0.25) is 0 Å². The van der Waals surface area contributed by atoms with E-state index in [1.54, 1.807) is 0 Å². The molecule has 3 rings (SSSR count). The average molecular weight is 353 g/mol. The van der Waals surface area contributed by atoms with Crippen LogP contribution in [0.2, 0.25) is 5.02 Å². The Morgan fingerprint density at radius 1 is 1.13 bits per heavy atom. The molecule has 0 unspecified atom stereocenters. The van der Waals surface area contributed by atoms with E-state index in [1.165, 1.54) is 43.6 Å². The first kappa shape index (κ1) is 18.4. The third-order valence-corrected chi connectivity index (χ3v) is 5.27. The molecule has 2 heterocycles. The van der Waals surface area contributed by atoms with Gasteiger partial charge in [0, 0.05) is 44.3 Å². The standard InChI is InChI=1S/C19H26ClN2.ClH/c1-19(2)14-17(21-11-6-3-7-12-21)10-13-22(19)15-16-8-4-5-9-18(16)20;/h4-5,8-10,13H,3,6-7,11-12,14-15H2,1-2H3;1H/q+1;/p-1. The van der Waals surface area contributed by atoms with Crippen LogP contribution in [0.3, 0.4) is 0 Å². The zero-order valence-corrected chi connectivity index (χ0v) is 15.6. The maximum atomic E-state index is 6.32. The van der Waals surface area contributed by atoms with E-state index in [4.69, 9.17) is 11.6 Å². The lowest BCUT2D eigenvalue weighted by Gasteiger charge is -2.36. The maximum absolute atomic E-state index is 6.32. The third kappa shape index (κ3) is 4.30. The first-order chi connectivity index (χ1) is 10.6. The molecule has 1 aromatic carbocycles. The fourth-order valence-electron chi connectivity index (χ4n) is 3.46. The molecular formula is C19H26Cl2N2. The number of likely N-dealkylation sites (tertiary alicyclic amines) is 1. The van der Waals surface area contributed by atoms with Gasteiger partial charge in [0.05, 0.1) is 11.4 Å². The van der Waals surface area contributed by atoms with Crippen molar-refractivity contribution in [2.24, 2.45) is 0 Å². The Balaban J connectivity index is 0.00000192. The van der Waals surface area contributed by atoms with Gasteiger partial charge in [-0.25, -0.2) is 4.58 Å². The third-order valence-electron chi connectivity index (χ3n) is 4.90. The molecule has 126 valence electrons. The van der Waals surface area contributed by atoms with Crippen LogP contribution in [0.15, 0.2) is 36.0 Å². The molecule has 0 aromatic heterocycles. The smallest absolute Gasteiger partial charge is 0.170 e. The number of allylic oxidation sites excluding steroid dienone is 1. The van der Waals surface area contributed by atoms with E-state index in [9.17, 15) is 0 Å². The lowest BCUT2D eigenvalue weighted by Crippen LogP contribution is -3.00. The van der Waals surface area contributed by atoms with Gasteiger partial charge in [0.1, 0.15) is 0 Å². The molecule has 23 heavy (non-hydrogen) atoms. The molecule has 1 fully saturated rings. The van der Waals surface area contributed by atoms with Gasteiger partial charge < -0.3 is 17.3 Å². The van der Waals surface area contributed by atoms with Gasteiger partial charge >= 0.3 is 0 Å². The van der Waals surface area contributed by atoms with Crippen LogP contribution in [-0.4, -0.2) is 34.3 Å². The Labute approximate surface area is 151 Å². The predicted octanol–water partition coefficient (Wildman–Crippen LogP) is 1.48. The van der Waals surface area contributed by atoms with E-state index in [-0.39, 0.29) is 17.9 Å². The minimum absolute atomic E-state index is 0. The highest BCUT2D eigenvalue weighted by atomic mass is 35.5. The van der Waals surface area contributed by atoms with Gasteiger partial charge in [-0.05, 0) is 25.3 Å². The highest BCUT2D eigenvalue weighted by Gasteiger charge is 2.35. The second kappa shape index (κ2) is 7.72. The molecule has 0 amide bonds. The van der Waals surface area contributed by atoms with Crippen molar-refractivity contribution in [3.8, 4) is 0 Å². The van der Waals surface area contributed by atoms with Crippen molar-refractivity contribution in [1.29, 1.82) is 0 Å². The Morgan fingerprint density at radius 2 is 1.83 bits per heavy atom.